The monoisotopic (exact) mass is 366 g/mol. The van der Waals surface area contributed by atoms with Crippen LogP contribution in [-0.2, 0) is 11.3 Å². The first kappa shape index (κ1) is 18.7. The van der Waals surface area contributed by atoms with Crippen LogP contribution in [0.2, 0.25) is 0 Å². The highest BCUT2D eigenvalue weighted by Crippen LogP contribution is 2.25. The Morgan fingerprint density at radius 2 is 1.81 bits per heavy atom. The Balaban J connectivity index is 1.62. The van der Waals surface area contributed by atoms with Gasteiger partial charge in [0.15, 0.2) is 0 Å². The Kier molecular flexibility index (Phi) is 5.91. The summed E-state index contributed by atoms with van der Waals surface area (Å²) in [4.78, 5) is 11.9. The van der Waals surface area contributed by atoms with Gasteiger partial charge in [-0.15, -0.1) is 0 Å². The molecule has 27 heavy (non-hydrogen) atoms. The molecule has 0 aliphatic heterocycles. The van der Waals surface area contributed by atoms with E-state index in [1.54, 1.807) is 24.3 Å². The fraction of sp³-hybridized carbons (Fsp3) is 0.227. The van der Waals surface area contributed by atoms with E-state index in [-0.39, 0.29) is 11.7 Å². The predicted octanol–water partition coefficient (Wildman–Crippen LogP) is 5.68. The van der Waals surface area contributed by atoms with Gasteiger partial charge in [-0.05, 0) is 48.4 Å². The van der Waals surface area contributed by atoms with E-state index in [0.29, 0.717) is 36.0 Å². The third-order valence-electron chi connectivity index (χ3n) is 4.01. The van der Waals surface area contributed by atoms with Crippen LogP contribution in [0.1, 0.15) is 26.0 Å². The standard InChI is InChI=1S/C22H23FN2O2/c1-15(2)12-22(26)25-17-7-5-6-16(13-17)24-14-18-10-11-21(27-18)19-8-3-4-9-20(19)23/h3-11,13,15,24H,12,14H2,1-2H3,(H,25,26). The maximum absolute atomic E-state index is 13.9. The summed E-state index contributed by atoms with van der Waals surface area (Å²) in [6.07, 6.45) is 0.489. The third-order valence-corrected chi connectivity index (χ3v) is 4.01. The van der Waals surface area contributed by atoms with Crippen molar-refractivity contribution in [3.8, 4) is 11.3 Å². The molecule has 1 heterocycles. The molecular formula is C22H23FN2O2. The molecule has 0 unspecified atom stereocenters. The molecule has 0 bridgehead atoms. The number of hydrogen-bond acceptors (Lipinski definition) is 3. The zero-order chi connectivity index (χ0) is 19.2. The molecular weight excluding hydrogens is 343 g/mol. The Hall–Kier alpha value is -3.08. The molecule has 1 amide bonds. The molecule has 0 aliphatic carbocycles. The minimum absolute atomic E-state index is 0.00251. The van der Waals surface area contributed by atoms with E-state index >= 15 is 0 Å². The summed E-state index contributed by atoms with van der Waals surface area (Å²) >= 11 is 0. The lowest BCUT2D eigenvalue weighted by Crippen LogP contribution is -2.13. The lowest BCUT2D eigenvalue weighted by Gasteiger charge is -2.10. The van der Waals surface area contributed by atoms with Crippen LogP contribution < -0.4 is 10.6 Å². The van der Waals surface area contributed by atoms with Crippen molar-refractivity contribution in [3.05, 3.63) is 72.2 Å². The fourth-order valence-electron chi connectivity index (χ4n) is 2.76. The van der Waals surface area contributed by atoms with Gasteiger partial charge in [-0.3, -0.25) is 4.79 Å². The van der Waals surface area contributed by atoms with Crippen molar-refractivity contribution in [2.45, 2.75) is 26.8 Å². The van der Waals surface area contributed by atoms with Crippen molar-refractivity contribution < 1.29 is 13.6 Å². The third kappa shape index (κ3) is 5.20. The van der Waals surface area contributed by atoms with Crippen LogP contribution in [0.3, 0.4) is 0 Å². The molecule has 3 aromatic rings. The highest BCUT2D eigenvalue weighted by molar-refractivity contribution is 5.91. The number of amides is 1. The zero-order valence-electron chi connectivity index (χ0n) is 15.5. The number of carbonyl (C=O) groups excluding carboxylic acids is 1. The van der Waals surface area contributed by atoms with Crippen LogP contribution in [0.15, 0.2) is 65.1 Å². The van der Waals surface area contributed by atoms with Gasteiger partial charge < -0.3 is 15.1 Å². The lowest BCUT2D eigenvalue weighted by atomic mass is 10.1. The minimum Gasteiger partial charge on any atom is -0.459 e. The number of hydrogen-bond donors (Lipinski definition) is 2. The largest absolute Gasteiger partial charge is 0.459 e. The van der Waals surface area contributed by atoms with E-state index in [9.17, 15) is 9.18 Å². The number of furan rings is 1. The SMILES string of the molecule is CC(C)CC(=O)Nc1cccc(NCc2ccc(-c3ccccc3F)o2)c1. The van der Waals surface area contributed by atoms with Crippen LogP contribution in [0.5, 0.6) is 0 Å². The van der Waals surface area contributed by atoms with E-state index in [0.717, 1.165) is 11.4 Å². The van der Waals surface area contributed by atoms with Crippen LogP contribution in [0.4, 0.5) is 15.8 Å². The smallest absolute Gasteiger partial charge is 0.224 e. The fourth-order valence-corrected chi connectivity index (χ4v) is 2.76. The molecule has 3 rings (SSSR count). The molecule has 2 N–H and O–H groups in total. The van der Waals surface area contributed by atoms with E-state index in [1.165, 1.54) is 6.07 Å². The number of anilines is 2. The summed E-state index contributed by atoms with van der Waals surface area (Å²) in [7, 11) is 0. The molecule has 0 fully saturated rings. The normalized spacial score (nSPS) is 10.8. The molecule has 0 saturated heterocycles. The second kappa shape index (κ2) is 8.54. The summed E-state index contributed by atoms with van der Waals surface area (Å²) in [6.45, 7) is 4.48. The van der Waals surface area contributed by atoms with Gasteiger partial charge in [0.2, 0.25) is 5.91 Å². The van der Waals surface area contributed by atoms with Crippen LogP contribution in [0, 0.1) is 11.7 Å². The lowest BCUT2D eigenvalue weighted by molar-refractivity contribution is -0.116. The first-order valence-corrected chi connectivity index (χ1v) is 8.98. The molecule has 0 radical (unpaired) electrons. The Morgan fingerprint density at radius 3 is 2.59 bits per heavy atom. The van der Waals surface area contributed by atoms with E-state index in [2.05, 4.69) is 10.6 Å². The van der Waals surface area contributed by atoms with E-state index in [1.807, 2.05) is 44.2 Å². The summed E-state index contributed by atoms with van der Waals surface area (Å²) in [5.41, 5.74) is 2.05. The second-order valence-corrected chi connectivity index (χ2v) is 6.83. The van der Waals surface area contributed by atoms with Crippen LogP contribution in [-0.4, -0.2) is 5.91 Å². The van der Waals surface area contributed by atoms with Crippen molar-refractivity contribution in [2.24, 2.45) is 5.92 Å². The van der Waals surface area contributed by atoms with Crippen molar-refractivity contribution in [3.63, 3.8) is 0 Å². The number of rotatable bonds is 7. The number of nitrogens with one attached hydrogen (secondary N) is 2. The molecule has 4 nitrogen and oxygen atoms in total. The molecule has 5 heteroatoms. The Morgan fingerprint density at radius 1 is 1.04 bits per heavy atom. The summed E-state index contributed by atoms with van der Waals surface area (Å²) in [5.74, 6) is 1.20. The van der Waals surface area contributed by atoms with Crippen molar-refractivity contribution >= 4 is 17.3 Å². The van der Waals surface area contributed by atoms with Crippen molar-refractivity contribution in [1.82, 2.24) is 0 Å². The van der Waals surface area contributed by atoms with E-state index < -0.39 is 0 Å². The molecule has 0 spiro atoms. The van der Waals surface area contributed by atoms with Gasteiger partial charge in [0.25, 0.3) is 0 Å². The molecule has 140 valence electrons. The first-order chi connectivity index (χ1) is 13.0. The average Bonchev–Trinajstić information content (AvgIpc) is 3.09. The summed E-state index contributed by atoms with van der Waals surface area (Å²) in [5, 5.41) is 6.16. The molecule has 1 aromatic heterocycles. The summed E-state index contributed by atoms with van der Waals surface area (Å²) in [6, 6.07) is 17.6. The Labute approximate surface area is 158 Å². The second-order valence-electron chi connectivity index (χ2n) is 6.83. The van der Waals surface area contributed by atoms with Gasteiger partial charge in [0.1, 0.15) is 17.3 Å². The van der Waals surface area contributed by atoms with Crippen LogP contribution >= 0.6 is 0 Å². The van der Waals surface area contributed by atoms with Crippen LogP contribution in [0.25, 0.3) is 11.3 Å². The van der Waals surface area contributed by atoms with Gasteiger partial charge in [-0.2, -0.15) is 0 Å². The Bertz CT molecular complexity index is 918. The minimum atomic E-state index is -0.309. The molecule has 0 saturated carbocycles. The van der Waals surface area contributed by atoms with Gasteiger partial charge in [0, 0.05) is 17.8 Å². The molecule has 0 atom stereocenters. The van der Waals surface area contributed by atoms with Gasteiger partial charge in [0.05, 0.1) is 12.1 Å². The summed E-state index contributed by atoms with van der Waals surface area (Å²) < 4.78 is 19.6. The molecule has 0 aliphatic rings. The predicted molar refractivity (Wildman–Crippen MR) is 106 cm³/mol. The van der Waals surface area contributed by atoms with Gasteiger partial charge in [-0.1, -0.05) is 32.0 Å². The van der Waals surface area contributed by atoms with Crippen molar-refractivity contribution in [1.29, 1.82) is 0 Å². The van der Waals surface area contributed by atoms with Crippen molar-refractivity contribution in [2.75, 3.05) is 10.6 Å². The first-order valence-electron chi connectivity index (χ1n) is 8.98. The maximum Gasteiger partial charge on any atom is 0.224 e. The number of carbonyl (C=O) groups is 1. The topological polar surface area (TPSA) is 54.3 Å². The highest BCUT2D eigenvalue weighted by Gasteiger charge is 2.09. The van der Waals surface area contributed by atoms with E-state index in [4.69, 9.17) is 4.42 Å². The van der Waals surface area contributed by atoms with Gasteiger partial charge >= 0.3 is 0 Å². The quantitative estimate of drug-likeness (QED) is 0.565. The molecule has 2 aromatic carbocycles. The zero-order valence-corrected chi connectivity index (χ0v) is 15.5. The van der Waals surface area contributed by atoms with Gasteiger partial charge in [-0.25, -0.2) is 4.39 Å². The average molecular weight is 366 g/mol. The number of halogens is 1. The maximum atomic E-state index is 13.9. The highest BCUT2D eigenvalue weighted by atomic mass is 19.1. The number of benzene rings is 2.